The molecule has 0 aliphatic carbocycles. The van der Waals surface area contributed by atoms with Crippen molar-refractivity contribution in [3.05, 3.63) is 71.6 Å². The second-order valence-electron chi connectivity index (χ2n) is 7.24. The summed E-state index contributed by atoms with van der Waals surface area (Å²) < 4.78 is 12.9. The minimum Gasteiger partial charge on any atom is -0.328 e. The SMILES string of the molecule is CCc1ccc(/C=C/C(=O)N2CC[NH+](CC(=O)Nc3ccc(F)cc3)CC2)cc1. The van der Waals surface area contributed by atoms with Crippen LogP contribution >= 0.6 is 0 Å². The number of aryl methyl sites for hydroxylation is 1. The maximum Gasteiger partial charge on any atom is 0.279 e. The zero-order chi connectivity index (χ0) is 20.6. The molecule has 1 saturated heterocycles. The summed E-state index contributed by atoms with van der Waals surface area (Å²) in [4.78, 5) is 27.5. The van der Waals surface area contributed by atoms with Crippen LogP contribution in [0.4, 0.5) is 10.1 Å². The van der Waals surface area contributed by atoms with Gasteiger partial charge in [0.2, 0.25) is 5.91 Å². The highest BCUT2D eigenvalue weighted by molar-refractivity contribution is 5.92. The summed E-state index contributed by atoms with van der Waals surface area (Å²) in [6.07, 6.45) is 4.46. The lowest BCUT2D eigenvalue weighted by atomic mass is 10.1. The molecule has 6 heteroatoms. The molecule has 152 valence electrons. The molecular formula is C23H27FN3O2+. The number of piperazine rings is 1. The van der Waals surface area contributed by atoms with Crippen LogP contribution in [0.3, 0.4) is 0 Å². The van der Waals surface area contributed by atoms with E-state index >= 15 is 0 Å². The Labute approximate surface area is 170 Å². The first-order valence-electron chi connectivity index (χ1n) is 9.98. The van der Waals surface area contributed by atoms with Gasteiger partial charge in [-0.3, -0.25) is 9.59 Å². The van der Waals surface area contributed by atoms with E-state index in [0.717, 1.165) is 30.0 Å². The number of quaternary nitrogens is 1. The number of nitrogens with zero attached hydrogens (tertiary/aromatic N) is 1. The first-order chi connectivity index (χ1) is 14.0. The molecule has 0 spiro atoms. The third-order valence-electron chi connectivity index (χ3n) is 5.13. The smallest absolute Gasteiger partial charge is 0.279 e. The quantitative estimate of drug-likeness (QED) is 0.732. The van der Waals surface area contributed by atoms with E-state index in [-0.39, 0.29) is 17.6 Å². The molecule has 2 N–H and O–H groups in total. The van der Waals surface area contributed by atoms with Gasteiger partial charge in [-0.1, -0.05) is 31.2 Å². The molecule has 1 aliphatic heterocycles. The molecular weight excluding hydrogens is 369 g/mol. The van der Waals surface area contributed by atoms with Gasteiger partial charge in [0.05, 0.1) is 26.2 Å². The maximum atomic E-state index is 12.9. The summed E-state index contributed by atoms with van der Waals surface area (Å²) in [6.45, 7) is 5.14. The minimum absolute atomic E-state index is 0.000572. The van der Waals surface area contributed by atoms with Crippen LogP contribution in [0.15, 0.2) is 54.6 Å². The third-order valence-corrected chi connectivity index (χ3v) is 5.13. The van der Waals surface area contributed by atoms with E-state index in [1.807, 2.05) is 23.1 Å². The zero-order valence-electron chi connectivity index (χ0n) is 16.7. The molecule has 2 aromatic carbocycles. The Balaban J connectivity index is 1.43. The summed E-state index contributed by atoms with van der Waals surface area (Å²) >= 11 is 0. The van der Waals surface area contributed by atoms with Gasteiger partial charge in [0.25, 0.3) is 5.91 Å². The van der Waals surface area contributed by atoms with Gasteiger partial charge in [0, 0.05) is 11.8 Å². The fourth-order valence-electron chi connectivity index (χ4n) is 3.32. The van der Waals surface area contributed by atoms with Crippen LogP contribution in [0.1, 0.15) is 18.1 Å². The predicted molar refractivity (Wildman–Crippen MR) is 112 cm³/mol. The highest BCUT2D eigenvalue weighted by Crippen LogP contribution is 2.08. The minimum atomic E-state index is -0.332. The summed E-state index contributed by atoms with van der Waals surface area (Å²) in [7, 11) is 0. The van der Waals surface area contributed by atoms with Gasteiger partial charge in [-0.15, -0.1) is 0 Å². The fourth-order valence-corrected chi connectivity index (χ4v) is 3.32. The van der Waals surface area contributed by atoms with Crippen molar-refractivity contribution in [3.63, 3.8) is 0 Å². The second-order valence-corrected chi connectivity index (χ2v) is 7.24. The number of hydrogen-bond acceptors (Lipinski definition) is 2. The lowest BCUT2D eigenvalue weighted by Gasteiger charge is -2.31. The number of halogens is 1. The van der Waals surface area contributed by atoms with E-state index in [4.69, 9.17) is 0 Å². The second kappa shape index (κ2) is 9.98. The van der Waals surface area contributed by atoms with Crippen molar-refractivity contribution in [2.24, 2.45) is 0 Å². The number of nitrogens with one attached hydrogen (secondary N) is 2. The molecule has 0 atom stereocenters. The summed E-state index contributed by atoms with van der Waals surface area (Å²) in [5.41, 5.74) is 2.87. The molecule has 0 saturated carbocycles. The molecule has 0 radical (unpaired) electrons. The fraction of sp³-hybridized carbons (Fsp3) is 0.304. The van der Waals surface area contributed by atoms with E-state index in [2.05, 4.69) is 24.4 Å². The summed E-state index contributed by atoms with van der Waals surface area (Å²) in [6, 6.07) is 13.9. The number of anilines is 1. The Hall–Kier alpha value is -2.99. The van der Waals surface area contributed by atoms with Crippen LogP contribution in [0.5, 0.6) is 0 Å². The Bertz CT molecular complexity index is 855. The van der Waals surface area contributed by atoms with Crippen LogP contribution in [0.25, 0.3) is 6.08 Å². The zero-order valence-corrected chi connectivity index (χ0v) is 16.7. The lowest BCUT2D eigenvalue weighted by molar-refractivity contribution is -0.895. The van der Waals surface area contributed by atoms with E-state index < -0.39 is 0 Å². The van der Waals surface area contributed by atoms with Crippen LogP contribution in [0, 0.1) is 5.82 Å². The molecule has 1 heterocycles. The third kappa shape index (κ3) is 6.26. The Morgan fingerprint density at radius 2 is 1.72 bits per heavy atom. The molecule has 29 heavy (non-hydrogen) atoms. The number of rotatable bonds is 6. The molecule has 1 fully saturated rings. The number of benzene rings is 2. The first kappa shape index (κ1) is 20.7. The van der Waals surface area contributed by atoms with E-state index in [9.17, 15) is 14.0 Å². The van der Waals surface area contributed by atoms with Crippen molar-refractivity contribution in [1.29, 1.82) is 0 Å². The topological polar surface area (TPSA) is 53.9 Å². The Morgan fingerprint density at radius 3 is 2.34 bits per heavy atom. The average Bonchev–Trinajstić information content (AvgIpc) is 2.74. The molecule has 5 nitrogen and oxygen atoms in total. The van der Waals surface area contributed by atoms with Crippen molar-refractivity contribution in [2.75, 3.05) is 38.0 Å². The van der Waals surface area contributed by atoms with E-state index in [0.29, 0.717) is 25.3 Å². The molecule has 0 aromatic heterocycles. The van der Waals surface area contributed by atoms with Gasteiger partial charge < -0.3 is 15.1 Å². The highest BCUT2D eigenvalue weighted by atomic mass is 19.1. The Morgan fingerprint density at radius 1 is 1.07 bits per heavy atom. The van der Waals surface area contributed by atoms with Gasteiger partial charge in [-0.2, -0.15) is 0 Å². The van der Waals surface area contributed by atoms with Gasteiger partial charge in [0.15, 0.2) is 6.54 Å². The molecule has 2 amide bonds. The highest BCUT2D eigenvalue weighted by Gasteiger charge is 2.24. The first-order valence-corrected chi connectivity index (χ1v) is 9.98. The van der Waals surface area contributed by atoms with Gasteiger partial charge in [-0.05, 0) is 47.9 Å². The number of carbonyl (C=O) groups is 2. The standard InChI is InChI=1S/C23H26FN3O2/c1-2-18-3-5-19(6-4-18)7-12-23(29)27-15-13-26(14-16-27)17-22(28)25-21-10-8-20(24)9-11-21/h3-12H,2,13-17H2,1H3,(H,25,28)/p+1/b12-7+. The van der Waals surface area contributed by atoms with Crippen molar-refractivity contribution in [2.45, 2.75) is 13.3 Å². The molecule has 1 aliphatic rings. The van der Waals surface area contributed by atoms with Crippen molar-refractivity contribution >= 4 is 23.6 Å². The van der Waals surface area contributed by atoms with Crippen LogP contribution in [0.2, 0.25) is 0 Å². The maximum absolute atomic E-state index is 12.9. The molecule has 3 rings (SSSR count). The summed E-state index contributed by atoms with van der Waals surface area (Å²) in [5.74, 6) is -0.442. The summed E-state index contributed by atoms with van der Waals surface area (Å²) in [5, 5.41) is 2.78. The molecule has 0 bridgehead atoms. The number of hydrogen-bond donors (Lipinski definition) is 2. The number of carbonyl (C=O) groups excluding carboxylic acids is 2. The van der Waals surface area contributed by atoms with Crippen molar-refractivity contribution in [1.82, 2.24) is 4.90 Å². The monoisotopic (exact) mass is 396 g/mol. The van der Waals surface area contributed by atoms with E-state index in [1.165, 1.54) is 17.7 Å². The van der Waals surface area contributed by atoms with E-state index in [1.54, 1.807) is 18.2 Å². The Kier molecular flexibility index (Phi) is 7.14. The van der Waals surface area contributed by atoms with Gasteiger partial charge in [0.1, 0.15) is 5.82 Å². The normalized spacial score (nSPS) is 14.9. The average molecular weight is 396 g/mol. The predicted octanol–water partition coefficient (Wildman–Crippen LogP) is 1.77. The largest absolute Gasteiger partial charge is 0.328 e. The lowest BCUT2D eigenvalue weighted by Crippen LogP contribution is -3.15. The molecule has 0 unspecified atom stereocenters. The van der Waals surface area contributed by atoms with Crippen molar-refractivity contribution < 1.29 is 18.9 Å². The van der Waals surface area contributed by atoms with Crippen LogP contribution in [-0.2, 0) is 16.0 Å². The van der Waals surface area contributed by atoms with Gasteiger partial charge in [-0.25, -0.2) is 4.39 Å². The number of amides is 2. The van der Waals surface area contributed by atoms with Gasteiger partial charge >= 0.3 is 0 Å². The van der Waals surface area contributed by atoms with Crippen LogP contribution < -0.4 is 10.2 Å². The van der Waals surface area contributed by atoms with Crippen molar-refractivity contribution in [3.8, 4) is 0 Å². The van der Waals surface area contributed by atoms with Crippen LogP contribution in [-0.4, -0.2) is 49.4 Å². The molecule has 2 aromatic rings.